The third-order valence-corrected chi connectivity index (χ3v) is 4.98. The molecule has 22 heavy (non-hydrogen) atoms. The number of anilines is 1. The van der Waals surface area contributed by atoms with Crippen molar-refractivity contribution in [2.45, 2.75) is 24.7 Å². The SMILES string of the molecule is CCc1ccc2c(c1)CCN(c1ccc(C(=O)O)cc1F)S2. The summed E-state index contributed by atoms with van der Waals surface area (Å²) in [5.74, 6) is -1.62. The Morgan fingerprint density at radius 1 is 1.32 bits per heavy atom. The molecular weight excluding hydrogens is 301 g/mol. The maximum atomic E-state index is 14.2. The van der Waals surface area contributed by atoms with Gasteiger partial charge in [-0.15, -0.1) is 0 Å². The standard InChI is InChI=1S/C17H16FNO2S/c1-2-11-3-6-16-12(9-11)7-8-19(22-16)15-5-4-13(17(20)21)10-14(15)18/h3-6,9-10H,2,7-8H2,1H3,(H,20,21). The molecule has 0 saturated carbocycles. The van der Waals surface area contributed by atoms with Crippen molar-refractivity contribution in [2.75, 3.05) is 10.8 Å². The summed E-state index contributed by atoms with van der Waals surface area (Å²) in [4.78, 5) is 12.0. The predicted molar refractivity (Wildman–Crippen MR) is 86.1 cm³/mol. The summed E-state index contributed by atoms with van der Waals surface area (Å²) in [6, 6.07) is 10.4. The zero-order chi connectivity index (χ0) is 15.7. The van der Waals surface area contributed by atoms with Crippen LogP contribution in [0.15, 0.2) is 41.3 Å². The molecule has 2 aromatic carbocycles. The van der Waals surface area contributed by atoms with Crippen molar-refractivity contribution in [3.63, 3.8) is 0 Å². The van der Waals surface area contributed by atoms with Crippen LogP contribution in [0.25, 0.3) is 0 Å². The number of nitrogens with zero attached hydrogens (tertiary/aromatic N) is 1. The minimum atomic E-state index is -1.12. The number of carboxylic acids is 1. The lowest BCUT2D eigenvalue weighted by molar-refractivity contribution is 0.0696. The number of carbonyl (C=O) groups is 1. The van der Waals surface area contributed by atoms with Crippen LogP contribution in [0.3, 0.4) is 0 Å². The molecule has 0 aliphatic carbocycles. The molecule has 1 aliphatic rings. The number of carboxylic acid groups (broad SMARTS) is 1. The molecule has 0 spiro atoms. The average Bonchev–Trinajstić information content (AvgIpc) is 2.53. The van der Waals surface area contributed by atoms with Crippen LogP contribution in [0.1, 0.15) is 28.4 Å². The van der Waals surface area contributed by atoms with Crippen molar-refractivity contribution in [3.05, 3.63) is 58.9 Å². The monoisotopic (exact) mass is 317 g/mol. The lowest BCUT2D eigenvalue weighted by atomic mass is 10.1. The zero-order valence-electron chi connectivity index (χ0n) is 12.2. The summed E-state index contributed by atoms with van der Waals surface area (Å²) in [5, 5.41) is 8.90. The van der Waals surface area contributed by atoms with Gasteiger partial charge in [-0.05, 0) is 60.2 Å². The first kappa shape index (κ1) is 14.9. The highest BCUT2D eigenvalue weighted by Gasteiger charge is 2.21. The Balaban J connectivity index is 1.87. The Hall–Kier alpha value is -2.01. The van der Waals surface area contributed by atoms with Crippen molar-refractivity contribution < 1.29 is 14.3 Å². The van der Waals surface area contributed by atoms with Crippen LogP contribution in [0.4, 0.5) is 10.1 Å². The van der Waals surface area contributed by atoms with Crippen LogP contribution < -0.4 is 4.31 Å². The van der Waals surface area contributed by atoms with E-state index in [1.807, 2.05) is 4.31 Å². The summed E-state index contributed by atoms with van der Waals surface area (Å²) in [5.41, 5.74) is 3.00. The van der Waals surface area contributed by atoms with Crippen molar-refractivity contribution in [3.8, 4) is 0 Å². The van der Waals surface area contributed by atoms with Gasteiger partial charge in [-0.3, -0.25) is 0 Å². The van der Waals surface area contributed by atoms with Crippen molar-refractivity contribution in [1.29, 1.82) is 0 Å². The second kappa shape index (κ2) is 6.01. The summed E-state index contributed by atoms with van der Waals surface area (Å²) < 4.78 is 16.1. The van der Waals surface area contributed by atoms with E-state index in [0.29, 0.717) is 12.2 Å². The number of fused-ring (bicyclic) bond motifs is 1. The quantitative estimate of drug-likeness (QED) is 0.863. The molecule has 5 heteroatoms. The van der Waals surface area contributed by atoms with Crippen LogP contribution in [-0.2, 0) is 12.8 Å². The largest absolute Gasteiger partial charge is 0.478 e. The van der Waals surface area contributed by atoms with Gasteiger partial charge in [-0.2, -0.15) is 0 Å². The zero-order valence-corrected chi connectivity index (χ0v) is 13.0. The molecule has 0 radical (unpaired) electrons. The molecule has 2 aromatic rings. The van der Waals surface area contributed by atoms with E-state index in [-0.39, 0.29) is 5.56 Å². The number of hydrogen-bond donors (Lipinski definition) is 1. The van der Waals surface area contributed by atoms with Crippen LogP contribution >= 0.6 is 11.9 Å². The third-order valence-electron chi connectivity index (χ3n) is 3.79. The van der Waals surface area contributed by atoms with Gasteiger partial charge in [-0.25, -0.2) is 9.18 Å². The first-order valence-corrected chi connectivity index (χ1v) is 7.96. The summed E-state index contributed by atoms with van der Waals surface area (Å²) in [6.45, 7) is 2.83. The number of halogens is 1. The Labute approximate surface area is 132 Å². The van der Waals surface area contributed by atoms with Gasteiger partial charge in [0.25, 0.3) is 0 Å². The highest BCUT2D eigenvalue weighted by atomic mass is 32.2. The Kier molecular flexibility index (Phi) is 4.07. The van der Waals surface area contributed by atoms with Gasteiger partial charge in [0, 0.05) is 11.4 Å². The van der Waals surface area contributed by atoms with Crippen LogP contribution in [0.5, 0.6) is 0 Å². The van der Waals surface area contributed by atoms with E-state index in [1.165, 1.54) is 35.2 Å². The number of aromatic carboxylic acids is 1. The molecule has 0 saturated heterocycles. The van der Waals surface area contributed by atoms with E-state index < -0.39 is 11.8 Å². The minimum absolute atomic E-state index is 0.0313. The molecule has 0 atom stereocenters. The van der Waals surface area contributed by atoms with Gasteiger partial charge in [0.05, 0.1) is 11.3 Å². The van der Waals surface area contributed by atoms with E-state index in [2.05, 4.69) is 25.1 Å². The minimum Gasteiger partial charge on any atom is -0.478 e. The lowest BCUT2D eigenvalue weighted by Gasteiger charge is -2.29. The molecule has 0 aromatic heterocycles. The maximum Gasteiger partial charge on any atom is 0.335 e. The molecule has 0 fully saturated rings. The van der Waals surface area contributed by atoms with Crippen molar-refractivity contribution in [2.24, 2.45) is 0 Å². The molecule has 114 valence electrons. The lowest BCUT2D eigenvalue weighted by Crippen LogP contribution is -2.23. The molecule has 0 amide bonds. The molecule has 3 nitrogen and oxygen atoms in total. The second-order valence-electron chi connectivity index (χ2n) is 5.21. The Morgan fingerprint density at radius 3 is 2.82 bits per heavy atom. The van der Waals surface area contributed by atoms with Crippen molar-refractivity contribution in [1.82, 2.24) is 0 Å². The smallest absolute Gasteiger partial charge is 0.335 e. The third kappa shape index (κ3) is 2.81. The first-order chi connectivity index (χ1) is 10.6. The van der Waals surface area contributed by atoms with Gasteiger partial charge >= 0.3 is 5.97 Å². The van der Waals surface area contributed by atoms with Gasteiger partial charge < -0.3 is 9.41 Å². The normalized spacial score (nSPS) is 13.8. The van der Waals surface area contributed by atoms with Gasteiger partial charge in [0.1, 0.15) is 5.82 Å². The number of hydrogen-bond acceptors (Lipinski definition) is 3. The molecule has 0 bridgehead atoms. The second-order valence-corrected chi connectivity index (χ2v) is 6.27. The molecule has 3 rings (SSSR count). The number of benzene rings is 2. The van der Waals surface area contributed by atoms with E-state index in [0.717, 1.165) is 23.8 Å². The fraction of sp³-hybridized carbons (Fsp3) is 0.235. The highest BCUT2D eigenvalue weighted by molar-refractivity contribution is 8.00. The van der Waals surface area contributed by atoms with Crippen LogP contribution in [0, 0.1) is 5.82 Å². The Bertz CT molecular complexity index is 733. The number of aryl methyl sites for hydroxylation is 1. The van der Waals surface area contributed by atoms with Crippen LogP contribution in [-0.4, -0.2) is 17.6 Å². The number of rotatable bonds is 3. The predicted octanol–water partition coefficient (Wildman–Crippen LogP) is 4.16. The summed E-state index contributed by atoms with van der Waals surface area (Å²) in [7, 11) is 0. The van der Waals surface area contributed by atoms with E-state index in [1.54, 1.807) is 0 Å². The average molecular weight is 317 g/mol. The fourth-order valence-electron chi connectivity index (χ4n) is 2.54. The molecule has 1 heterocycles. The molecular formula is C17H16FNO2S. The fourth-order valence-corrected chi connectivity index (χ4v) is 3.61. The van der Waals surface area contributed by atoms with Crippen LogP contribution in [0.2, 0.25) is 0 Å². The molecule has 1 aliphatic heterocycles. The molecule has 0 unspecified atom stereocenters. The topological polar surface area (TPSA) is 40.5 Å². The van der Waals surface area contributed by atoms with Crippen molar-refractivity contribution >= 4 is 23.6 Å². The molecule has 1 N–H and O–H groups in total. The van der Waals surface area contributed by atoms with Gasteiger partial charge in [-0.1, -0.05) is 19.1 Å². The maximum absolute atomic E-state index is 14.2. The summed E-state index contributed by atoms with van der Waals surface area (Å²) >= 11 is 1.50. The summed E-state index contributed by atoms with van der Waals surface area (Å²) in [6.07, 6.45) is 1.86. The van der Waals surface area contributed by atoms with E-state index in [4.69, 9.17) is 5.11 Å². The Morgan fingerprint density at radius 2 is 2.14 bits per heavy atom. The van der Waals surface area contributed by atoms with Gasteiger partial charge in [0.15, 0.2) is 0 Å². The van der Waals surface area contributed by atoms with E-state index >= 15 is 0 Å². The van der Waals surface area contributed by atoms with E-state index in [9.17, 15) is 9.18 Å². The first-order valence-electron chi connectivity index (χ1n) is 7.18. The highest BCUT2D eigenvalue weighted by Crippen LogP contribution is 2.37. The van der Waals surface area contributed by atoms with Gasteiger partial charge in [0.2, 0.25) is 0 Å².